The van der Waals surface area contributed by atoms with Crippen molar-refractivity contribution in [3.8, 4) is 0 Å². The van der Waals surface area contributed by atoms with Crippen LogP contribution >= 0.6 is 0 Å². The summed E-state index contributed by atoms with van der Waals surface area (Å²) in [6.45, 7) is 0. The van der Waals surface area contributed by atoms with E-state index in [9.17, 15) is 4.91 Å². The highest BCUT2D eigenvalue weighted by Gasteiger charge is 2.18. The molecule has 0 spiro atoms. The number of hydrogen-bond donors (Lipinski definition) is 0. The highest BCUT2D eigenvalue weighted by molar-refractivity contribution is 5.85. The maximum Gasteiger partial charge on any atom is 0.0757 e. The average molecular weight is 214 g/mol. The van der Waals surface area contributed by atoms with Crippen molar-refractivity contribution >= 4 is 10.9 Å². The van der Waals surface area contributed by atoms with Gasteiger partial charge in [-0.1, -0.05) is 24.6 Å². The van der Waals surface area contributed by atoms with E-state index in [1.54, 1.807) is 4.68 Å². The number of hydrogen-bond acceptors (Lipinski definition) is 2. The van der Waals surface area contributed by atoms with Crippen molar-refractivity contribution < 1.29 is 0 Å². The summed E-state index contributed by atoms with van der Waals surface area (Å²) < 4.78 is 1.59. The number of fused-ring (bicyclic) bond motifs is 3. The van der Waals surface area contributed by atoms with Crippen LogP contribution in [0.3, 0.4) is 0 Å². The van der Waals surface area contributed by atoms with Gasteiger partial charge in [-0.25, -0.2) is 4.68 Å². The van der Waals surface area contributed by atoms with Gasteiger partial charge in [0.1, 0.15) is 0 Å². The number of nitroso groups, excluding NO2 is 1. The quantitative estimate of drug-likeness (QED) is 0.529. The number of para-hydroxylation sites is 1. The third-order valence-corrected chi connectivity index (χ3v) is 3.48. The summed E-state index contributed by atoms with van der Waals surface area (Å²) in [5.41, 5.74) is 3.44. The second-order valence-corrected chi connectivity index (χ2v) is 4.40. The molecule has 3 rings (SSSR count). The second-order valence-electron chi connectivity index (χ2n) is 4.40. The fraction of sp³-hybridized carbons (Fsp3) is 0.385. The van der Waals surface area contributed by atoms with E-state index in [-0.39, 0.29) is 0 Å². The van der Waals surface area contributed by atoms with Crippen molar-refractivity contribution in [2.75, 3.05) is 0 Å². The lowest BCUT2D eigenvalue weighted by atomic mass is 10.1. The Morgan fingerprint density at radius 2 is 1.88 bits per heavy atom. The van der Waals surface area contributed by atoms with Crippen LogP contribution in [0.15, 0.2) is 29.6 Å². The van der Waals surface area contributed by atoms with Crippen LogP contribution in [0.2, 0.25) is 0 Å². The van der Waals surface area contributed by atoms with Gasteiger partial charge < -0.3 is 0 Å². The summed E-state index contributed by atoms with van der Waals surface area (Å²) in [4.78, 5) is 11.0. The molecule has 1 aliphatic carbocycles. The van der Waals surface area contributed by atoms with Crippen molar-refractivity contribution in [1.29, 1.82) is 0 Å². The number of benzene rings is 1. The van der Waals surface area contributed by atoms with Crippen molar-refractivity contribution in [3.63, 3.8) is 0 Å². The normalized spacial score (nSPS) is 15.8. The molecule has 3 nitrogen and oxygen atoms in total. The molecule has 0 saturated carbocycles. The monoisotopic (exact) mass is 214 g/mol. The summed E-state index contributed by atoms with van der Waals surface area (Å²) in [5, 5.41) is 4.39. The summed E-state index contributed by atoms with van der Waals surface area (Å²) in [6, 6.07) is 8.07. The molecule has 0 amide bonds. The van der Waals surface area contributed by atoms with Crippen LogP contribution in [-0.2, 0) is 12.8 Å². The molecule has 0 unspecified atom stereocenters. The molecule has 0 fully saturated rings. The third-order valence-electron chi connectivity index (χ3n) is 3.48. The smallest absolute Gasteiger partial charge is 0.0757 e. The van der Waals surface area contributed by atoms with Crippen LogP contribution in [-0.4, -0.2) is 4.68 Å². The molecule has 16 heavy (non-hydrogen) atoms. The Morgan fingerprint density at radius 1 is 1.06 bits per heavy atom. The Balaban J connectivity index is 2.35. The first-order valence-electron chi connectivity index (χ1n) is 5.86. The fourth-order valence-corrected chi connectivity index (χ4v) is 2.74. The highest BCUT2D eigenvalue weighted by atomic mass is 16.3. The summed E-state index contributed by atoms with van der Waals surface area (Å²) in [7, 11) is 0. The van der Waals surface area contributed by atoms with Crippen LogP contribution in [0.1, 0.15) is 30.5 Å². The Labute approximate surface area is 94.0 Å². The van der Waals surface area contributed by atoms with E-state index in [2.05, 4.69) is 11.4 Å². The molecule has 1 aliphatic rings. The minimum absolute atomic E-state index is 0.962. The summed E-state index contributed by atoms with van der Waals surface area (Å²) >= 11 is 0. The number of rotatable bonds is 1. The molecule has 0 N–H and O–H groups in total. The van der Waals surface area contributed by atoms with Gasteiger partial charge in [0.15, 0.2) is 0 Å². The van der Waals surface area contributed by atoms with E-state index >= 15 is 0 Å². The second kappa shape index (κ2) is 3.74. The first-order valence-corrected chi connectivity index (χ1v) is 5.86. The maximum atomic E-state index is 11.0. The van der Waals surface area contributed by atoms with Gasteiger partial charge >= 0.3 is 0 Å². The standard InChI is InChI=1S/C13H14N2O/c16-14-15-12-8-3-1-2-6-10(12)11-7-4-5-9-13(11)15/h4-5,7,9H,1-3,6,8H2. The van der Waals surface area contributed by atoms with Gasteiger partial charge in [0, 0.05) is 11.1 Å². The lowest BCUT2D eigenvalue weighted by Crippen LogP contribution is -1.96. The van der Waals surface area contributed by atoms with Gasteiger partial charge in [-0.15, -0.1) is 4.91 Å². The van der Waals surface area contributed by atoms with E-state index in [1.165, 1.54) is 30.2 Å². The highest BCUT2D eigenvalue weighted by Crippen LogP contribution is 2.31. The zero-order valence-electron chi connectivity index (χ0n) is 9.15. The average Bonchev–Trinajstić information content (AvgIpc) is 2.49. The molecule has 0 aliphatic heterocycles. The van der Waals surface area contributed by atoms with Crippen LogP contribution in [0.5, 0.6) is 0 Å². The van der Waals surface area contributed by atoms with Gasteiger partial charge in [-0.2, -0.15) is 0 Å². The van der Waals surface area contributed by atoms with Gasteiger partial charge in [0.05, 0.1) is 10.8 Å². The summed E-state index contributed by atoms with van der Waals surface area (Å²) in [5.74, 6) is 0. The van der Waals surface area contributed by atoms with Crippen molar-refractivity contribution in [2.24, 2.45) is 5.29 Å². The van der Waals surface area contributed by atoms with Gasteiger partial charge in [-0.05, 0) is 37.3 Å². The predicted octanol–water partition coefficient (Wildman–Crippen LogP) is 3.44. The van der Waals surface area contributed by atoms with Crippen LogP contribution < -0.4 is 0 Å². The Bertz CT molecular complexity index is 542. The van der Waals surface area contributed by atoms with Crippen molar-refractivity contribution in [1.82, 2.24) is 4.68 Å². The maximum absolute atomic E-state index is 11.0. The van der Waals surface area contributed by atoms with E-state index in [0.29, 0.717) is 0 Å². The molecule has 1 heterocycles. The molecule has 2 aromatic rings. The minimum Gasteiger partial charge on any atom is -0.201 e. The Morgan fingerprint density at radius 3 is 2.75 bits per heavy atom. The molecule has 0 atom stereocenters. The minimum atomic E-state index is 0.962. The first kappa shape index (κ1) is 9.58. The predicted molar refractivity (Wildman–Crippen MR) is 64.4 cm³/mol. The number of aromatic nitrogens is 1. The lowest BCUT2D eigenvalue weighted by molar-refractivity contribution is 0.695. The van der Waals surface area contributed by atoms with Crippen molar-refractivity contribution in [2.45, 2.75) is 32.1 Å². The van der Waals surface area contributed by atoms with Crippen molar-refractivity contribution in [3.05, 3.63) is 40.4 Å². The number of nitrogens with zero attached hydrogens (tertiary/aromatic N) is 2. The molecular weight excluding hydrogens is 200 g/mol. The molecule has 82 valence electrons. The lowest BCUT2D eigenvalue weighted by Gasteiger charge is -1.99. The van der Waals surface area contributed by atoms with Crippen LogP contribution in [0.4, 0.5) is 0 Å². The largest absolute Gasteiger partial charge is 0.201 e. The van der Waals surface area contributed by atoms with E-state index in [4.69, 9.17) is 0 Å². The number of aryl methyl sites for hydroxylation is 1. The summed E-state index contributed by atoms with van der Waals surface area (Å²) in [6.07, 6.45) is 5.70. The van der Waals surface area contributed by atoms with E-state index in [1.807, 2.05) is 18.2 Å². The SMILES string of the molecule is O=Nn1c2c(c3ccccc31)CCCCC2. The molecule has 0 bridgehead atoms. The Kier molecular flexibility index (Phi) is 2.24. The fourth-order valence-electron chi connectivity index (χ4n) is 2.74. The van der Waals surface area contributed by atoms with E-state index < -0.39 is 0 Å². The molecule has 0 saturated heterocycles. The first-order chi connectivity index (χ1) is 7.92. The van der Waals surface area contributed by atoms with Gasteiger partial charge in [0.2, 0.25) is 0 Å². The van der Waals surface area contributed by atoms with Gasteiger partial charge in [0.25, 0.3) is 0 Å². The molecular formula is C13H14N2O. The molecule has 3 heteroatoms. The molecule has 1 aromatic carbocycles. The molecule has 1 aromatic heterocycles. The zero-order valence-corrected chi connectivity index (χ0v) is 9.15. The van der Waals surface area contributed by atoms with Crippen LogP contribution in [0.25, 0.3) is 10.9 Å². The third kappa shape index (κ3) is 1.28. The topological polar surface area (TPSA) is 34.4 Å². The zero-order chi connectivity index (χ0) is 11.0. The molecule has 0 radical (unpaired) electrons. The van der Waals surface area contributed by atoms with Crippen LogP contribution in [0, 0.1) is 4.91 Å². The van der Waals surface area contributed by atoms with E-state index in [0.717, 1.165) is 24.1 Å². The van der Waals surface area contributed by atoms with Gasteiger partial charge in [-0.3, -0.25) is 0 Å². The Hall–Kier alpha value is -1.64.